The first-order valence-corrected chi connectivity index (χ1v) is 16.3. The number of ether oxygens (including phenoxy) is 3. The number of nitrogens with one attached hydrogen (secondary N) is 2. The Balaban J connectivity index is 1.26. The first-order chi connectivity index (χ1) is 20.2. The first kappa shape index (κ1) is 29.5. The lowest BCUT2D eigenvalue weighted by Crippen LogP contribution is -2.43. The van der Waals surface area contributed by atoms with Gasteiger partial charge in [-0.3, -0.25) is 4.90 Å². The van der Waals surface area contributed by atoms with Crippen molar-refractivity contribution in [2.45, 2.75) is 36.3 Å². The predicted octanol–water partition coefficient (Wildman–Crippen LogP) is 4.25. The van der Waals surface area contributed by atoms with Gasteiger partial charge >= 0.3 is 6.16 Å². The van der Waals surface area contributed by atoms with Crippen LogP contribution in [0.5, 0.6) is 5.75 Å². The number of fused-ring (bicyclic) bond motifs is 1. The van der Waals surface area contributed by atoms with Gasteiger partial charge in [0.05, 0.1) is 52.0 Å². The summed E-state index contributed by atoms with van der Waals surface area (Å²) in [5.74, 6) is 6.81. The summed E-state index contributed by atoms with van der Waals surface area (Å²) < 4.78 is 40.2. The minimum Gasteiger partial charge on any atom is -0.495 e. The van der Waals surface area contributed by atoms with Crippen molar-refractivity contribution in [3.05, 3.63) is 46.8 Å². The van der Waals surface area contributed by atoms with Gasteiger partial charge in [0.15, 0.2) is 15.9 Å². The Bertz CT molecular complexity index is 1680. The molecule has 0 aliphatic carbocycles. The summed E-state index contributed by atoms with van der Waals surface area (Å²) in [7, 11) is -1.86. The Morgan fingerprint density at radius 3 is 2.69 bits per heavy atom. The molecule has 0 bridgehead atoms. The Morgan fingerprint density at radius 2 is 2.00 bits per heavy atom. The number of carbonyl (C=O) groups excluding carboxylic acids is 1. The molecule has 5 rings (SSSR count). The van der Waals surface area contributed by atoms with E-state index >= 15 is 0 Å². The third kappa shape index (κ3) is 6.90. The fraction of sp³-hybridized carbons (Fsp3) is 0.400. The average Bonchev–Trinajstić information content (AvgIpc) is 3.55. The Kier molecular flexibility index (Phi) is 9.07. The maximum atomic E-state index is 11.9. The van der Waals surface area contributed by atoms with Gasteiger partial charge in [0.2, 0.25) is 0 Å². The van der Waals surface area contributed by atoms with Gasteiger partial charge in [-0.05, 0) is 31.0 Å². The van der Waals surface area contributed by atoms with Gasteiger partial charge < -0.3 is 24.8 Å². The lowest BCUT2D eigenvalue weighted by molar-refractivity contribution is 0.0945. The number of rotatable bonds is 9. The van der Waals surface area contributed by atoms with E-state index < -0.39 is 16.0 Å². The maximum Gasteiger partial charge on any atom is 0.508 e. The fourth-order valence-electron chi connectivity index (χ4n) is 5.17. The fourth-order valence-corrected chi connectivity index (χ4v) is 6.98. The van der Waals surface area contributed by atoms with Crippen LogP contribution in [0, 0.1) is 23.2 Å². The van der Waals surface area contributed by atoms with Crippen LogP contribution >= 0.6 is 11.3 Å². The van der Waals surface area contributed by atoms with Gasteiger partial charge in [-0.15, -0.1) is 11.3 Å². The smallest absolute Gasteiger partial charge is 0.495 e. The molecule has 2 N–H and O–H groups in total. The van der Waals surface area contributed by atoms with Gasteiger partial charge in [0.1, 0.15) is 12.4 Å². The minimum absolute atomic E-state index is 0.184. The normalized spacial score (nSPS) is 17.5. The zero-order valence-electron chi connectivity index (χ0n) is 23.4. The highest BCUT2D eigenvalue weighted by atomic mass is 32.2. The summed E-state index contributed by atoms with van der Waals surface area (Å²) in [5, 5.41) is 17.5. The third-order valence-electron chi connectivity index (χ3n) is 7.30. The molecule has 12 heteroatoms. The van der Waals surface area contributed by atoms with Gasteiger partial charge in [-0.1, -0.05) is 24.0 Å². The molecule has 0 radical (unpaired) electrons. The highest BCUT2D eigenvalue weighted by molar-refractivity contribution is 7.90. The maximum absolute atomic E-state index is 11.9. The molecule has 1 atom stereocenters. The highest BCUT2D eigenvalue weighted by Crippen LogP contribution is 2.37. The summed E-state index contributed by atoms with van der Waals surface area (Å²) in [5.41, 5.74) is 2.60. The Hall–Kier alpha value is -3.97. The van der Waals surface area contributed by atoms with Crippen molar-refractivity contribution in [1.82, 2.24) is 4.90 Å². The van der Waals surface area contributed by atoms with E-state index in [1.165, 1.54) is 19.2 Å². The van der Waals surface area contributed by atoms with Crippen molar-refractivity contribution in [2.24, 2.45) is 0 Å². The van der Waals surface area contributed by atoms with Crippen molar-refractivity contribution < 1.29 is 27.4 Å². The monoisotopic (exact) mass is 608 g/mol. The molecular formula is C30H32N4O6S2. The van der Waals surface area contributed by atoms with E-state index in [1.54, 1.807) is 17.4 Å². The molecule has 0 amide bonds. The summed E-state index contributed by atoms with van der Waals surface area (Å²) in [6.07, 6.45) is 2.55. The topological polar surface area (TPSA) is 130 Å². The summed E-state index contributed by atoms with van der Waals surface area (Å²) in [6, 6.07) is 13.4. The van der Waals surface area contributed by atoms with Crippen molar-refractivity contribution in [3.8, 4) is 23.7 Å². The molecule has 2 aliphatic heterocycles. The second kappa shape index (κ2) is 12.9. The molecule has 2 aromatic carbocycles. The lowest BCUT2D eigenvalue weighted by Gasteiger charge is -2.33. The van der Waals surface area contributed by atoms with Crippen LogP contribution in [0.4, 0.5) is 16.2 Å². The number of piperidine rings is 1. The number of hydrogen-bond acceptors (Lipinski definition) is 11. The number of methoxy groups -OCH3 is 1. The van der Waals surface area contributed by atoms with Crippen LogP contribution in [0.15, 0.2) is 41.3 Å². The van der Waals surface area contributed by atoms with Crippen LogP contribution in [0.1, 0.15) is 23.3 Å². The van der Waals surface area contributed by atoms with E-state index in [1.807, 2.05) is 12.1 Å². The molecular weight excluding hydrogens is 576 g/mol. The van der Waals surface area contributed by atoms with Gasteiger partial charge in [0, 0.05) is 48.9 Å². The van der Waals surface area contributed by atoms with Crippen molar-refractivity contribution in [1.29, 1.82) is 5.26 Å². The zero-order chi connectivity index (χ0) is 29.7. The molecule has 42 heavy (non-hydrogen) atoms. The van der Waals surface area contributed by atoms with Crippen LogP contribution in [0.25, 0.3) is 10.1 Å². The number of nitrogens with zero attached hydrogens (tertiary/aromatic N) is 2. The molecule has 1 unspecified atom stereocenters. The van der Waals surface area contributed by atoms with Crippen LogP contribution in [-0.4, -0.2) is 77.8 Å². The van der Waals surface area contributed by atoms with E-state index in [0.29, 0.717) is 37.2 Å². The standard InChI is InChI=1S/C30H32N4O6S2/c1-38-27-17-22(42(2,36)37)8-9-25(27)32-14-4-7-28-23(10-13-31)24-5-3-6-26(29(24)41-28)33-20-11-15-34(16-12-20)18-21-19-39-30(35)40-21/h3,5-6,8-9,17,20-21,32-33H,10-12,14-16,18-19H2,1-2H3. The molecule has 10 nitrogen and oxygen atoms in total. The van der Waals surface area contributed by atoms with Crippen molar-refractivity contribution in [3.63, 3.8) is 0 Å². The molecule has 2 saturated heterocycles. The largest absolute Gasteiger partial charge is 0.508 e. The second-order valence-electron chi connectivity index (χ2n) is 10.2. The summed E-state index contributed by atoms with van der Waals surface area (Å²) in [6.45, 7) is 3.11. The van der Waals surface area contributed by atoms with E-state index in [9.17, 15) is 18.5 Å². The van der Waals surface area contributed by atoms with Gasteiger partial charge in [-0.2, -0.15) is 5.26 Å². The van der Waals surface area contributed by atoms with Crippen LogP contribution in [0.2, 0.25) is 0 Å². The number of benzene rings is 2. The highest BCUT2D eigenvalue weighted by Gasteiger charge is 2.29. The quantitative estimate of drug-likeness (QED) is 0.269. The predicted molar refractivity (Wildman–Crippen MR) is 162 cm³/mol. The SMILES string of the molecule is COc1cc(S(C)(=O)=O)ccc1NCC#Cc1sc2c(NC3CCN(CC4COC(=O)O4)CC3)cccc2c1CC#N. The number of cyclic esters (lactones) is 2. The third-order valence-corrected chi connectivity index (χ3v) is 9.61. The summed E-state index contributed by atoms with van der Waals surface area (Å²) >= 11 is 1.58. The summed E-state index contributed by atoms with van der Waals surface area (Å²) in [4.78, 5) is 14.5. The minimum atomic E-state index is -3.35. The Morgan fingerprint density at radius 1 is 1.19 bits per heavy atom. The van der Waals surface area contributed by atoms with Gasteiger partial charge in [0.25, 0.3) is 0 Å². The van der Waals surface area contributed by atoms with E-state index in [-0.39, 0.29) is 17.4 Å². The number of anilines is 2. The van der Waals surface area contributed by atoms with Crippen LogP contribution in [-0.2, 0) is 25.7 Å². The van der Waals surface area contributed by atoms with E-state index in [4.69, 9.17) is 14.2 Å². The number of sulfone groups is 1. The van der Waals surface area contributed by atoms with Crippen molar-refractivity contribution >= 4 is 48.8 Å². The molecule has 0 spiro atoms. The van der Waals surface area contributed by atoms with Crippen molar-refractivity contribution in [2.75, 3.05) is 56.8 Å². The van der Waals surface area contributed by atoms with Crippen LogP contribution < -0.4 is 15.4 Å². The number of nitriles is 1. The zero-order valence-corrected chi connectivity index (χ0v) is 25.1. The average molecular weight is 609 g/mol. The van der Waals surface area contributed by atoms with E-state index in [2.05, 4.69) is 39.5 Å². The van der Waals surface area contributed by atoms with E-state index in [0.717, 1.165) is 58.4 Å². The molecule has 2 fully saturated rings. The molecule has 2 aliphatic rings. The molecule has 0 saturated carbocycles. The number of carbonyl (C=O) groups is 1. The number of hydrogen-bond donors (Lipinski definition) is 2. The van der Waals surface area contributed by atoms with Crippen LogP contribution in [0.3, 0.4) is 0 Å². The molecule has 1 aromatic heterocycles. The number of thiophene rings is 1. The Labute approximate surface area is 249 Å². The molecule has 3 aromatic rings. The molecule has 220 valence electrons. The second-order valence-corrected chi connectivity index (χ2v) is 13.3. The first-order valence-electron chi connectivity index (χ1n) is 13.6. The lowest BCUT2D eigenvalue weighted by atomic mass is 10.0. The molecule has 3 heterocycles. The number of likely N-dealkylation sites (tertiary alicyclic amines) is 1. The van der Waals surface area contributed by atoms with Gasteiger partial charge in [-0.25, -0.2) is 13.2 Å².